The zero-order valence-corrected chi connectivity index (χ0v) is 12.6. The molecule has 1 aromatic rings. The summed E-state index contributed by atoms with van der Waals surface area (Å²) in [6.45, 7) is 5.32. The molecule has 0 amide bonds. The van der Waals surface area contributed by atoms with E-state index >= 15 is 0 Å². The Morgan fingerprint density at radius 2 is 1.84 bits per heavy atom. The van der Waals surface area contributed by atoms with Crippen LogP contribution in [0.5, 0.6) is 0 Å². The monoisotopic (exact) mass is 260 g/mol. The van der Waals surface area contributed by atoms with Gasteiger partial charge in [0, 0.05) is 11.5 Å². The van der Waals surface area contributed by atoms with Crippen molar-refractivity contribution in [2.75, 3.05) is 13.6 Å². The highest BCUT2D eigenvalue weighted by Crippen LogP contribution is 2.49. The van der Waals surface area contributed by atoms with E-state index in [9.17, 15) is 0 Å². The highest BCUT2D eigenvalue weighted by molar-refractivity contribution is 5.27. The molecule has 19 heavy (non-hydrogen) atoms. The first-order chi connectivity index (χ1) is 9.11. The zero-order chi connectivity index (χ0) is 13.9. The standard InChI is InChI=1S/C17H28N2/c1-13(2)11-14-5-7-15(8-6-14)16(19-3)17(12-18)9-4-10-17/h5-8,13,16,19H,4,9-12,18H2,1-3H3. The van der Waals surface area contributed by atoms with Gasteiger partial charge in [0.2, 0.25) is 0 Å². The quantitative estimate of drug-likeness (QED) is 0.824. The molecule has 0 spiro atoms. The lowest BCUT2D eigenvalue weighted by Gasteiger charge is -2.47. The number of benzene rings is 1. The van der Waals surface area contributed by atoms with Gasteiger partial charge >= 0.3 is 0 Å². The highest BCUT2D eigenvalue weighted by atomic mass is 14.9. The van der Waals surface area contributed by atoms with Crippen molar-refractivity contribution in [3.8, 4) is 0 Å². The van der Waals surface area contributed by atoms with E-state index in [-0.39, 0.29) is 5.41 Å². The van der Waals surface area contributed by atoms with E-state index in [0.29, 0.717) is 12.0 Å². The van der Waals surface area contributed by atoms with E-state index in [0.717, 1.165) is 13.0 Å². The molecular formula is C17H28N2. The Labute approximate surface area is 117 Å². The Morgan fingerprint density at radius 1 is 1.21 bits per heavy atom. The molecule has 0 radical (unpaired) electrons. The predicted octanol–water partition coefficient (Wildman–Crippen LogP) is 3.27. The summed E-state index contributed by atoms with van der Waals surface area (Å²) in [5.74, 6) is 0.716. The van der Waals surface area contributed by atoms with Crippen LogP contribution in [0.3, 0.4) is 0 Å². The Hall–Kier alpha value is -0.860. The van der Waals surface area contributed by atoms with Crippen molar-refractivity contribution in [3.63, 3.8) is 0 Å². The minimum Gasteiger partial charge on any atom is -0.330 e. The van der Waals surface area contributed by atoms with Gasteiger partial charge in [-0.3, -0.25) is 0 Å². The molecule has 1 fully saturated rings. The predicted molar refractivity (Wildman–Crippen MR) is 82.1 cm³/mol. The molecule has 0 aromatic heterocycles. The second-order valence-corrected chi connectivity index (χ2v) is 6.48. The molecule has 1 aliphatic rings. The third kappa shape index (κ3) is 3.01. The van der Waals surface area contributed by atoms with Crippen molar-refractivity contribution in [2.24, 2.45) is 17.1 Å². The van der Waals surface area contributed by atoms with E-state index in [4.69, 9.17) is 5.73 Å². The van der Waals surface area contributed by atoms with Crippen LogP contribution in [0.1, 0.15) is 50.3 Å². The van der Waals surface area contributed by atoms with Gasteiger partial charge in [-0.2, -0.15) is 0 Å². The lowest BCUT2D eigenvalue weighted by atomic mass is 9.62. The average molecular weight is 260 g/mol. The number of rotatable bonds is 6. The maximum absolute atomic E-state index is 6.04. The van der Waals surface area contributed by atoms with Crippen LogP contribution in [0, 0.1) is 11.3 Å². The van der Waals surface area contributed by atoms with Crippen LogP contribution in [-0.2, 0) is 6.42 Å². The van der Waals surface area contributed by atoms with Gasteiger partial charge in [-0.25, -0.2) is 0 Å². The minimum absolute atomic E-state index is 0.286. The Morgan fingerprint density at radius 3 is 2.21 bits per heavy atom. The molecule has 0 saturated heterocycles. The molecule has 2 nitrogen and oxygen atoms in total. The van der Waals surface area contributed by atoms with Crippen LogP contribution in [-0.4, -0.2) is 13.6 Å². The number of nitrogens with one attached hydrogen (secondary N) is 1. The molecule has 0 bridgehead atoms. The van der Waals surface area contributed by atoms with E-state index < -0.39 is 0 Å². The smallest absolute Gasteiger partial charge is 0.0386 e. The van der Waals surface area contributed by atoms with Gasteiger partial charge in [-0.05, 0) is 49.9 Å². The normalized spacial score (nSPS) is 19.2. The summed E-state index contributed by atoms with van der Waals surface area (Å²) < 4.78 is 0. The molecule has 2 rings (SSSR count). The summed E-state index contributed by atoms with van der Waals surface area (Å²) in [4.78, 5) is 0. The van der Waals surface area contributed by atoms with Crippen LogP contribution >= 0.6 is 0 Å². The second-order valence-electron chi connectivity index (χ2n) is 6.48. The fourth-order valence-electron chi connectivity index (χ4n) is 3.39. The molecular weight excluding hydrogens is 232 g/mol. The lowest BCUT2D eigenvalue weighted by molar-refractivity contribution is 0.0880. The van der Waals surface area contributed by atoms with E-state index in [1.54, 1.807) is 0 Å². The van der Waals surface area contributed by atoms with Crippen molar-refractivity contribution >= 4 is 0 Å². The second kappa shape index (κ2) is 6.06. The van der Waals surface area contributed by atoms with Crippen LogP contribution in [0.25, 0.3) is 0 Å². The fraction of sp³-hybridized carbons (Fsp3) is 0.647. The third-order valence-corrected chi connectivity index (χ3v) is 4.61. The Bertz CT molecular complexity index is 385. The van der Waals surface area contributed by atoms with E-state index in [2.05, 4.69) is 50.5 Å². The van der Waals surface area contributed by atoms with Crippen LogP contribution in [0.15, 0.2) is 24.3 Å². The first-order valence-electron chi connectivity index (χ1n) is 7.57. The highest BCUT2D eigenvalue weighted by Gasteiger charge is 2.42. The van der Waals surface area contributed by atoms with Crippen molar-refractivity contribution in [3.05, 3.63) is 35.4 Å². The molecule has 1 atom stereocenters. The van der Waals surface area contributed by atoms with Gasteiger partial charge in [0.15, 0.2) is 0 Å². The van der Waals surface area contributed by atoms with Gasteiger partial charge in [0.25, 0.3) is 0 Å². The van der Waals surface area contributed by atoms with Gasteiger partial charge in [0.05, 0.1) is 0 Å². The maximum atomic E-state index is 6.04. The summed E-state index contributed by atoms with van der Waals surface area (Å²) in [6, 6.07) is 9.54. The molecule has 1 unspecified atom stereocenters. The van der Waals surface area contributed by atoms with Gasteiger partial charge in [-0.15, -0.1) is 0 Å². The number of hydrogen-bond acceptors (Lipinski definition) is 2. The van der Waals surface area contributed by atoms with Crippen LogP contribution < -0.4 is 11.1 Å². The summed E-state index contributed by atoms with van der Waals surface area (Å²) in [7, 11) is 2.06. The van der Waals surface area contributed by atoms with Gasteiger partial charge in [0.1, 0.15) is 0 Å². The van der Waals surface area contributed by atoms with Crippen molar-refractivity contribution in [2.45, 2.75) is 45.6 Å². The molecule has 0 heterocycles. The van der Waals surface area contributed by atoms with Crippen molar-refractivity contribution < 1.29 is 0 Å². The molecule has 2 heteroatoms. The van der Waals surface area contributed by atoms with Crippen molar-refractivity contribution in [1.82, 2.24) is 5.32 Å². The minimum atomic E-state index is 0.286. The summed E-state index contributed by atoms with van der Waals surface area (Å²) in [5.41, 5.74) is 9.15. The van der Waals surface area contributed by atoms with Crippen LogP contribution in [0.2, 0.25) is 0 Å². The molecule has 1 saturated carbocycles. The van der Waals surface area contributed by atoms with Gasteiger partial charge < -0.3 is 11.1 Å². The van der Waals surface area contributed by atoms with Gasteiger partial charge in [-0.1, -0.05) is 44.5 Å². The zero-order valence-electron chi connectivity index (χ0n) is 12.6. The van der Waals surface area contributed by atoms with E-state index in [1.165, 1.54) is 30.4 Å². The maximum Gasteiger partial charge on any atom is 0.0386 e. The molecule has 1 aromatic carbocycles. The Kier molecular flexibility index (Phi) is 4.64. The number of hydrogen-bond donors (Lipinski definition) is 2. The molecule has 3 N–H and O–H groups in total. The summed E-state index contributed by atoms with van der Waals surface area (Å²) in [6.07, 6.45) is 4.98. The average Bonchev–Trinajstić information content (AvgIpc) is 2.34. The topological polar surface area (TPSA) is 38.0 Å². The fourth-order valence-corrected chi connectivity index (χ4v) is 3.39. The molecule has 0 aliphatic heterocycles. The first kappa shape index (κ1) is 14.5. The molecule has 1 aliphatic carbocycles. The SMILES string of the molecule is CNC(c1ccc(CC(C)C)cc1)C1(CN)CCC1. The third-order valence-electron chi connectivity index (χ3n) is 4.61. The van der Waals surface area contributed by atoms with Crippen LogP contribution in [0.4, 0.5) is 0 Å². The van der Waals surface area contributed by atoms with Crippen molar-refractivity contribution in [1.29, 1.82) is 0 Å². The Balaban J connectivity index is 2.15. The first-order valence-corrected chi connectivity index (χ1v) is 7.57. The van der Waals surface area contributed by atoms with E-state index in [1.807, 2.05) is 0 Å². The largest absolute Gasteiger partial charge is 0.330 e. The number of nitrogens with two attached hydrogens (primary N) is 1. The summed E-state index contributed by atoms with van der Waals surface area (Å²) in [5, 5.41) is 3.49. The summed E-state index contributed by atoms with van der Waals surface area (Å²) >= 11 is 0. The molecule has 106 valence electrons. The lowest BCUT2D eigenvalue weighted by Crippen LogP contribution is -2.47.